The lowest BCUT2D eigenvalue weighted by Crippen LogP contribution is -2.09. The van der Waals surface area contributed by atoms with E-state index in [1.807, 2.05) is 6.07 Å². The average Bonchev–Trinajstić information content (AvgIpc) is 1.98. The Morgan fingerprint density at radius 3 is 2.90 bits per heavy atom. The predicted molar refractivity (Wildman–Crippen MR) is 36.4 cm³/mol. The van der Waals surface area contributed by atoms with Crippen LogP contribution < -0.4 is 0 Å². The van der Waals surface area contributed by atoms with Crippen molar-refractivity contribution >= 4 is 22.3 Å². The molecule has 1 unspecified atom stereocenters. The lowest BCUT2D eigenvalue weighted by molar-refractivity contribution is -0.140. The van der Waals surface area contributed by atoms with Gasteiger partial charge < -0.3 is 4.74 Å². The molecule has 2 radical (unpaired) electrons. The molecule has 0 saturated heterocycles. The summed E-state index contributed by atoms with van der Waals surface area (Å²) in [4.78, 5) is 10.7. The van der Waals surface area contributed by atoms with Gasteiger partial charge in [0.25, 0.3) is 5.97 Å². The number of esters is 1. The molecule has 3 nitrogen and oxygen atoms in total. The Kier molecular flexibility index (Phi) is 5.02. The quantitative estimate of drug-likeness (QED) is 0.436. The lowest BCUT2D eigenvalue weighted by atomic mass is 10.2. The number of carbonyl (C=O) groups is 1. The molecule has 0 rings (SSSR count). The van der Waals surface area contributed by atoms with Crippen LogP contribution in [0.15, 0.2) is 0 Å². The summed E-state index contributed by atoms with van der Waals surface area (Å²) >= 11 is 2.34. The number of methoxy groups -OCH3 is 1. The number of rotatable bonds is 3. The van der Waals surface area contributed by atoms with Crippen molar-refractivity contribution < 1.29 is 9.53 Å². The van der Waals surface area contributed by atoms with Crippen LogP contribution in [0.4, 0.5) is 0 Å². The minimum atomic E-state index is -0.278. The molecule has 0 aliphatic rings. The molecule has 1 atom stereocenters. The van der Waals surface area contributed by atoms with Crippen LogP contribution in [0, 0.1) is 11.3 Å². The standard InChI is InChI=1S/C6H8NO2.Al/c1-9-6(8)4-2-3-5-7;/h4H,2-3H2,1H3;. The summed E-state index contributed by atoms with van der Waals surface area (Å²) in [6.07, 6.45) is 0.942. The maximum atomic E-state index is 10.7. The first kappa shape index (κ1) is 9.49. The van der Waals surface area contributed by atoms with Crippen LogP contribution in [-0.4, -0.2) is 29.4 Å². The molecule has 0 aromatic heterocycles. The smallest absolute Gasteiger partial charge is 0.292 e. The van der Waals surface area contributed by atoms with Crippen molar-refractivity contribution in [2.24, 2.45) is 0 Å². The number of hydrogen-bond acceptors (Lipinski definition) is 3. The molecular weight excluding hydrogens is 145 g/mol. The lowest BCUT2D eigenvalue weighted by Gasteiger charge is -2.05. The fourth-order valence-electron chi connectivity index (χ4n) is 0.489. The molecule has 0 heterocycles. The highest BCUT2D eigenvalue weighted by Crippen LogP contribution is 2.08. The van der Waals surface area contributed by atoms with Crippen LogP contribution in [0.3, 0.4) is 0 Å². The Bertz CT molecular complexity index is 152. The molecule has 0 spiro atoms. The van der Waals surface area contributed by atoms with Gasteiger partial charge in [-0.05, 0) is 11.2 Å². The van der Waals surface area contributed by atoms with E-state index in [2.05, 4.69) is 21.0 Å². The number of nitrogens with zero attached hydrogens (tertiary/aromatic N) is 1. The van der Waals surface area contributed by atoms with Gasteiger partial charge in [-0.2, -0.15) is 5.26 Å². The van der Waals surface area contributed by atoms with Crippen LogP contribution in [0.5, 0.6) is 0 Å². The third-order valence-corrected chi connectivity index (χ3v) is 1.68. The first-order valence-corrected chi connectivity index (χ1v) is 3.59. The van der Waals surface area contributed by atoms with Crippen LogP contribution in [0.25, 0.3) is 0 Å². The molecule has 0 saturated carbocycles. The summed E-state index contributed by atoms with van der Waals surface area (Å²) in [5.41, 5.74) is 0. The Labute approximate surface area is 68.4 Å². The van der Waals surface area contributed by atoms with E-state index in [0.29, 0.717) is 12.8 Å². The van der Waals surface area contributed by atoms with Crippen LogP contribution >= 0.6 is 0 Å². The van der Waals surface area contributed by atoms with Crippen LogP contribution in [0.1, 0.15) is 12.8 Å². The van der Waals surface area contributed by atoms with Crippen molar-refractivity contribution in [3.8, 4) is 6.07 Å². The Balaban J connectivity index is 3.53. The first-order valence-electron chi connectivity index (χ1n) is 2.92. The third kappa shape index (κ3) is 3.50. The largest absolute Gasteiger partial charge is 0.470 e. The minimum Gasteiger partial charge on any atom is -0.470 e. The SMILES string of the molecule is COC(=O)[CH]([Al])CCC#N. The molecule has 0 aliphatic heterocycles. The summed E-state index contributed by atoms with van der Waals surface area (Å²) in [7, 11) is 1.34. The van der Waals surface area contributed by atoms with Gasteiger partial charge in [-0.25, -0.2) is 0 Å². The fourth-order valence-corrected chi connectivity index (χ4v) is 0.792. The average molecular weight is 153 g/mol. The molecule has 0 aliphatic carbocycles. The highest BCUT2D eigenvalue weighted by atomic mass is 27.0. The summed E-state index contributed by atoms with van der Waals surface area (Å²) in [6, 6.07) is 1.96. The number of carbonyl (C=O) groups excluding carboxylic acids is 1. The summed E-state index contributed by atoms with van der Waals surface area (Å²) < 4.78 is 4.21. The molecule has 0 N–H and O–H groups in total. The van der Waals surface area contributed by atoms with Crippen molar-refractivity contribution in [3.05, 3.63) is 0 Å². The first-order chi connectivity index (χ1) is 4.72. The Hall–Kier alpha value is -0.508. The van der Waals surface area contributed by atoms with E-state index in [0.717, 1.165) is 0 Å². The Morgan fingerprint density at radius 1 is 1.90 bits per heavy atom. The van der Waals surface area contributed by atoms with Crippen LogP contribution in [-0.2, 0) is 9.53 Å². The molecule has 0 fully saturated rings. The second-order valence-electron chi connectivity index (χ2n) is 1.83. The second-order valence-corrected chi connectivity index (χ2v) is 2.63. The van der Waals surface area contributed by atoms with E-state index in [4.69, 9.17) is 5.26 Å². The monoisotopic (exact) mass is 153 g/mol. The fraction of sp³-hybridized carbons (Fsp3) is 0.667. The third-order valence-electron chi connectivity index (χ3n) is 1.07. The van der Waals surface area contributed by atoms with Crippen molar-refractivity contribution in [2.75, 3.05) is 7.11 Å². The van der Waals surface area contributed by atoms with Gasteiger partial charge in [0.1, 0.15) is 16.3 Å². The molecular formula is C6H8AlNO2. The number of nitriles is 1. The van der Waals surface area contributed by atoms with Gasteiger partial charge in [0.15, 0.2) is 0 Å². The van der Waals surface area contributed by atoms with E-state index in [-0.39, 0.29) is 10.7 Å². The molecule has 4 heteroatoms. The van der Waals surface area contributed by atoms with E-state index < -0.39 is 0 Å². The zero-order valence-corrected chi connectivity index (χ0v) is 6.99. The van der Waals surface area contributed by atoms with Gasteiger partial charge in [0.2, 0.25) is 0 Å². The van der Waals surface area contributed by atoms with Gasteiger partial charge in [0, 0.05) is 6.42 Å². The predicted octanol–water partition coefficient (Wildman–Crippen LogP) is 0.420. The second kappa shape index (κ2) is 5.29. The molecule has 10 heavy (non-hydrogen) atoms. The molecule has 0 bridgehead atoms. The van der Waals surface area contributed by atoms with Crippen molar-refractivity contribution in [1.82, 2.24) is 0 Å². The Morgan fingerprint density at radius 2 is 2.50 bits per heavy atom. The zero-order valence-electron chi connectivity index (χ0n) is 5.83. The van der Waals surface area contributed by atoms with Gasteiger partial charge >= 0.3 is 0 Å². The van der Waals surface area contributed by atoms with Crippen molar-refractivity contribution in [2.45, 2.75) is 17.6 Å². The summed E-state index contributed by atoms with van der Waals surface area (Å²) in [5.74, 6) is -0.278. The molecule has 52 valence electrons. The molecule has 0 aromatic carbocycles. The van der Waals surface area contributed by atoms with Gasteiger partial charge in [-0.1, -0.05) is 0 Å². The van der Waals surface area contributed by atoms with Gasteiger partial charge in [0.05, 0.1) is 13.2 Å². The van der Waals surface area contributed by atoms with E-state index in [1.165, 1.54) is 7.11 Å². The van der Waals surface area contributed by atoms with E-state index in [9.17, 15) is 4.79 Å². The minimum absolute atomic E-state index is 0.232. The molecule has 0 amide bonds. The maximum absolute atomic E-state index is 10.7. The van der Waals surface area contributed by atoms with Gasteiger partial charge in [-0.15, -0.1) is 0 Å². The number of hydrogen-bond donors (Lipinski definition) is 0. The summed E-state index contributed by atoms with van der Waals surface area (Å²) in [5, 5.41) is 8.16. The highest BCUT2D eigenvalue weighted by Gasteiger charge is 2.09. The maximum Gasteiger partial charge on any atom is 0.292 e. The van der Waals surface area contributed by atoms with Crippen molar-refractivity contribution in [3.63, 3.8) is 0 Å². The van der Waals surface area contributed by atoms with E-state index in [1.54, 1.807) is 0 Å². The number of ether oxygens (including phenoxy) is 1. The summed E-state index contributed by atoms with van der Waals surface area (Å²) in [6.45, 7) is 0. The van der Waals surface area contributed by atoms with E-state index >= 15 is 0 Å². The van der Waals surface area contributed by atoms with Gasteiger partial charge in [-0.3, -0.25) is 4.79 Å². The highest BCUT2D eigenvalue weighted by molar-refractivity contribution is 6.22. The topological polar surface area (TPSA) is 50.1 Å². The zero-order chi connectivity index (χ0) is 7.98. The van der Waals surface area contributed by atoms with Crippen molar-refractivity contribution in [1.29, 1.82) is 5.26 Å². The normalized spacial score (nSPS) is 11.6. The molecule has 0 aromatic rings. The van der Waals surface area contributed by atoms with Crippen LogP contribution in [0.2, 0.25) is 4.78 Å².